The molecule has 0 aliphatic carbocycles. The highest BCUT2D eigenvalue weighted by atomic mass is 19.1. The minimum absolute atomic E-state index is 0.253. The van der Waals surface area contributed by atoms with Gasteiger partial charge < -0.3 is 5.32 Å². The number of hydrogen-bond donors (Lipinski definition) is 1. The Morgan fingerprint density at radius 3 is 2.77 bits per heavy atom. The van der Waals surface area contributed by atoms with Crippen molar-refractivity contribution in [3.8, 4) is 5.82 Å². The van der Waals surface area contributed by atoms with E-state index in [2.05, 4.69) is 15.4 Å². The van der Waals surface area contributed by atoms with Crippen LogP contribution in [0.15, 0.2) is 55.0 Å². The maximum absolute atomic E-state index is 13.5. The van der Waals surface area contributed by atoms with Crippen LogP contribution in [-0.2, 0) is 13.1 Å². The first kappa shape index (κ1) is 14.3. The molecule has 0 fully saturated rings. The third kappa shape index (κ3) is 3.35. The summed E-state index contributed by atoms with van der Waals surface area (Å²) in [7, 11) is 0. The Balaban J connectivity index is 1.64. The van der Waals surface area contributed by atoms with Crippen molar-refractivity contribution in [3.63, 3.8) is 0 Å². The summed E-state index contributed by atoms with van der Waals surface area (Å²) in [6.45, 7) is 0.774. The van der Waals surface area contributed by atoms with Crippen molar-refractivity contribution in [1.82, 2.24) is 20.1 Å². The summed E-state index contributed by atoms with van der Waals surface area (Å²) in [4.78, 5) is 4.24. The Morgan fingerprint density at radius 2 is 1.95 bits per heavy atom. The van der Waals surface area contributed by atoms with E-state index >= 15 is 0 Å². The topological polar surface area (TPSA) is 42.7 Å². The molecule has 0 bridgehead atoms. The second-order valence-electron chi connectivity index (χ2n) is 4.81. The van der Waals surface area contributed by atoms with E-state index in [-0.39, 0.29) is 6.54 Å². The second-order valence-corrected chi connectivity index (χ2v) is 4.81. The lowest BCUT2D eigenvalue weighted by Crippen LogP contribution is -2.14. The first-order chi connectivity index (χ1) is 10.7. The van der Waals surface area contributed by atoms with E-state index in [9.17, 15) is 8.78 Å². The molecule has 112 valence electrons. The summed E-state index contributed by atoms with van der Waals surface area (Å²) in [6.07, 6.45) is 5.18. The predicted octanol–water partition coefficient (Wildman–Crippen LogP) is 2.84. The van der Waals surface area contributed by atoms with Crippen LogP contribution < -0.4 is 5.32 Å². The molecule has 0 saturated heterocycles. The number of nitrogens with zero attached hydrogens (tertiary/aromatic N) is 3. The molecule has 0 amide bonds. The second kappa shape index (κ2) is 6.44. The number of hydrogen-bond acceptors (Lipinski definition) is 3. The minimum atomic E-state index is -0.442. The molecule has 0 atom stereocenters. The van der Waals surface area contributed by atoms with Gasteiger partial charge >= 0.3 is 0 Å². The molecule has 3 aromatic rings. The van der Waals surface area contributed by atoms with E-state index in [0.717, 1.165) is 17.7 Å². The van der Waals surface area contributed by atoms with Crippen LogP contribution in [0.25, 0.3) is 5.82 Å². The predicted molar refractivity (Wildman–Crippen MR) is 78.3 cm³/mol. The fourth-order valence-corrected chi connectivity index (χ4v) is 2.12. The quantitative estimate of drug-likeness (QED) is 0.788. The van der Waals surface area contributed by atoms with Crippen LogP contribution in [0.5, 0.6) is 0 Å². The highest BCUT2D eigenvalue weighted by Gasteiger charge is 2.04. The van der Waals surface area contributed by atoms with Gasteiger partial charge in [0, 0.05) is 37.2 Å². The lowest BCUT2D eigenvalue weighted by Gasteiger charge is -2.08. The molecule has 4 nitrogen and oxygen atoms in total. The number of aromatic nitrogens is 3. The molecule has 0 radical (unpaired) electrons. The van der Waals surface area contributed by atoms with Crippen molar-refractivity contribution in [2.45, 2.75) is 13.1 Å². The number of benzene rings is 1. The smallest absolute Gasteiger partial charge is 0.153 e. The molecule has 1 aromatic carbocycles. The summed E-state index contributed by atoms with van der Waals surface area (Å²) < 4.78 is 28.3. The monoisotopic (exact) mass is 300 g/mol. The summed E-state index contributed by atoms with van der Waals surface area (Å²) in [5.41, 5.74) is 1.29. The fourth-order valence-electron chi connectivity index (χ4n) is 2.12. The number of rotatable bonds is 5. The Bertz CT molecular complexity index is 757. The lowest BCUT2D eigenvalue weighted by atomic mass is 10.2. The number of nitrogens with one attached hydrogen (secondary N) is 1. The molecule has 0 aliphatic rings. The van der Waals surface area contributed by atoms with Crippen LogP contribution in [0.4, 0.5) is 8.78 Å². The average Bonchev–Trinajstić information content (AvgIpc) is 3.05. The van der Waals surface area contributed by atoms with Crippen LogP contribution in [0.3, 0.4) is 0 Å². The summed E-state index contributed by atoms with van der Waals surface area (Å²) >= 11 is 0. The van der Waals surface area contributed by atoms with E-state index in [4.69, 9.17) is 0 Å². The van der Waals surface area contributed by atoms with Crippen LogP contribution >= 0.6 is 0 Å². The molecular formula is C16H14F2N4. The van der Waals surface area contributed by atoms with Crippen molar-refractivity contribution >= 4 is 0 Å². The van der Waals surface area contributed by atoms with Gasteiger partial charge in [-0.2, -0.15) is 5.10 Å². The Morgan fingerprint density at radius 1 is 1.05 bits per heavy atom. The van der Waals surface area contributed by atoms with Crippen molar-refractivity contribution in [2.24, 2.45) is 0 Å². The van der Waals surface area contributed by atoms with Gasteiger partial charge in [0.1, 0.15) is 11.6 Å². The van der Waals surface area contributed by atoms with E-state index in [1.165, 1.54) is 6.07 Å². The van der Waals surface area contributed by atoms with Crippen LogP contribution in [-0.4, -0.2) is 14.8 Å². The van der Waals surface area contributed by atoms with Gasteiger partial charge in [0.25, 0.3) is 0 Å². The highest BCUT2D eigenvalue weighted by Crippen LogP contribution is 2.10. The van der Waals surface area contributed by atoms with Crippen LogP contribution in [0.1, 0.15) is 11.1 Å². The lowest BCUT2D eigenvalue weighted by molar-refractivity contribution is 0.568. The SMILES string of the molecule is Fc1ccc(F)c(CNCc2ccnc(-n3cccn3)c2)c1. The van der Waals surface area contributed by atoms with Gasteiger partial charge in [-0.1, -0.05) is 0 Å². The maximum atomic E-state index is 13.5. The van der Waals surface area contributed by atoms with Gasteiger partial charge in [-0.25, -0.2) is 18.4 Å². The molecule has 2 aromatic heterocycles. The molecule has 22 heavy (non-hydrogen) atoms. The Hall–Kier alpha value is -2.60. The van der Waals surface area contributed by atoms with Crippen molar-refractivity contribution in [2.75, 3.05) is 0 Å². The Labute approximate surface area is 126 Å². The molecule has 1 N–H and O–H groups in total. The average molecular weight is 300 g/mol. The summed E-state index contributed by atoms with van der Waals surface area (Å²) in [5, 5.41) is 7.21. The van der Waals surface area contributed by atoms with Crippen LogP contribution in [0, 0.1) is 11.6 Å². The van der Waals surface area contributed by atoms with Crippen LogP contribution in [0.2, 0.25) is 0 Å². The van der Waals surface area contributed by atoms with Gasteiger partial charge in [0.2, 0.25) is 0 Å². The van der Waals surface area contributed by atoms with E-state index in [1.54, 1.807) is 17.1 Å². The first-order valence-electron chi connectivity index (χ1n) is 6.82. The van der Waals surface area contributed by atoms with Crippen molar-refractivity contribution in [1.29, 1.82) is 0 Å². The standard InChI is InChI=1S/C16H14F2N4/c17-14-2-3-15(18)13(9-14)11-19-10-12-4-6-20-16(8-12)22-7-1-5-21-22/h1-9,19H,10-11H2. The van der Waals surface area contributed by atoms with E-state index < -0.39 is 11.6 Å². The van der Waals surface area contributed by atoms with E-state index in [0.29, 0.717) is 17.9 Å². The third-order valence-electron chi connectivity index (χ3n) is 3.20. The number of pyridine rings is 1. The molecule has 0 unspecified atom stereocenters. The first-order valence-corrected chi connectivity index (χ1v) is 6.82. The maximum Gasteiger partial charge on any atom is 0.153 e. The molecular weight excluding hydrogens is 286 g/mol. The van der Waals surface area contributed by atoms with Gasteiger partial charge in [-0.3, -0.25) is 0 Å². The largest absolute Gasteiger partial charge is 0.309 e. The zero-order valence-electron chi connectivity index (χ0n) is 11.7. The van der Waals surface area contributed by atoms with E-state index in [1.807, 2.05) is 24.4 Å². The van der Waals surface area contributed by atoms with Gasteiger partial charge in [-0.05, 0) is 42.0 Å². The summed E-state index contributed by atoms with van der Waals surface area (Å²) in [6, 6.07) is 9.01. The van der Waals surface area contributed by atoms with Gasteiger partial charge in [-0.15, -0.1) is 0 Å². The minimum Gasteiger partial charge on any atom is -0.309 e. The molecule has 3 rings (SSSR count). The summed E-state index contributed by atoms with van der Waals surface area (Å²) in [5.74, 6) is -0.148. The normalized spacial score (nSPS) is 10.8. The molecule has 2 heterocycles. The number of halogens is 2. The van der Waals surface area contributed by atoms with Gasteiger partial charge in [0.05, 0.1) is 0 Å². The zero-order valence-corrected chi connectivity index (χ0v) is 11.7. The third-order valence-corrected chi connectivity index (χ3v) is 3.20. The van der Waals surface area contributed by atoms with Crippen molar-refractivity contribution in [3.05, 3.63) is 77.8 Å². The fraction of sp³-hybridized carbons (Fsp3) is 0.125. The van der Waals surface area contributed by atoms with Gasteiger partial charge in [0.15, 0.2) is 5.82 Å². The van der Waals surface area contributed by atoms with Crippen molar-refractivity contribution < 1.29 is 8.78 Å². The molecule has 0 aliphatic heterocycles. The molecule has 0 saturated carbocycles. The zero-order chi connectivity index (χ0) is 15.4. The Kier molecular flexibility index (Phi) is 4.20. The highest BCUT2D eigenvalue weighted by molar-refractivity contribution is 5.27. The molecule has 0 spiro atoms. The molecule has 6 heteroatoms.